The van der Waals surface area contributed by atoms with Crippen LogP contribution in [-0.4, -0.2) is 31.6 Å². The van der Waals surface area contributed by atoms with E-state index < -0.39 is 10.0 Å². The number of nitrogens with zero attached hydrogens (tertiary/aromatic N) is 2. The number of anilines is 2. The van der Waals surface area contributed by atoms with E-state index in [4.69, 9.17) is 0 Å². The van der Waals surface area contributed by atoms with Gasteiger partial charge in [0.25, 0.3) is 10.0 Å². The fraction of sp³-hybridized carbons (Fsp3) is 0.167. The van der Waals surface area contributed by atoms with Crippen molar-refractivity contribution in [3.8, 4) is 0 Å². The van der Waals surface area contributed by atoms with Crippen LogP contribution in [0, 0.1) is 0 Å². The van der Waals surface area contributed by atoms with Gasteiger partial charge in [0.2, 0.25) is 5.91 Å². The SMILES string of the molecule is CN1C(=O)Cc2cc(S(=O)(=O)Nc3ccn[nH]3)ccc21. The van der Waals surface area contributed by atoms with Crippen LogP contribution in [0.3, 0.4) is 0 Å². The van der Waals surface area contributed by atoms with Crippen LogP contribution in [0.1, 0.15) is 5.56 Å². The Kier molecular flexibility index (Phi) is 2.75. The van der Waals surface area contributed by atoms with Crippen LogP contribution in [0.25, 0.3) is 0 Å². The number of likely N-dealkylation sites (N-methyl/N-ethyl adjacent to an activating group) is 1. The maximum absolute atomic E-state index is 12.2. The lowest BCUT2D eigenvalue weighted by atomic mass is 10.2. The number of amides is 1. The second-order valence-corrected chi connectivity index (χ2v) is 6.18. The van der Waals surface area contributed by atoms with Crippen LogP contribution < -0.4 is 9.62 Å². The molecule has 1 aliphatic heterocycles. The molecule has 0 aliphatic carbocycles. The van der Waals surface area contributed by atoms with Crippen LogP contribution in [0.2, 0.25) is 0 Å². The van der Waals surface area contributed by atoms with Gasteiger partial charge in [-0.1, -0.05) is 0 Å². The van der Waals surface area contributed by atoms with Crippen molar-refractivity contribution in [1.82, 2.24) is 10.2 Å². The average molecular weight is 292 g/mol. The first-order valence-electron chi connectivity index (χ1n) is 5.89. The first-order valence-corrected chi connectivity index (χ1v) is 7.37. The number of carbonyl (C=O) groups is 1. The average Bonchev–Trinajstić information content (AvgIpc) is 2.98. The molecular formula is C12H12N4O3S. The lowest BCUT2D eigenvalue weighted by Crippen LogP contribution is -2.20. The van der Waals surface area contributed by atoms with Crippen LogP contribution in [0.15, 0.2) is 35.4 Å². The minimum atomic E-state index is -3.69. The zero-order valence-corrected chi connectivity index (χ0v) is 11.4. The lowest BCUT2D eigenvalue weighted by Gasteiger charge is -2.11. The number of aromatic nitrogens is 2. The second-order valence-electron chi connectivity index (χ2n) is 4.50. The Bertz CT molecular complexity index is 768. The first kappa shape index (κ1) is 12.7. The van der Waals surface area contributed by atoms with E-state index in [1.807, 2.05) is 0 Å². The highest BCUT2D eigenvalue weighted by Crippen LogP contribution is 2.30. The number of H-pyrrole nitrogens is 1. The Morgan fingerprint density at radius 3 is 2.85 bits per heavy atom. The lowest BCUT2D eigenvalue weighted by molar-refractivity contribution is -0.117. The molecule has 2 heterocycles. The molecular weight excluding hydrogens is 280 g/mol. The van der Waals surface area contributed by atoms with Gasteiger partial charge in [0.1, 0.15) is 5.82 Å². The third kappa shape index (κ3) is 2.03. The molecule has 0 fully saturated rings. The molecule has 1 aromatic carbocycles. The molecule has 2 aromatic rings. The molecule has 0 saturated heterocycles. The van der Waals surface area contributed by atoms with Gasteiger partial charge in [0.15, 0.2) is 0 Å². The summed E-state index contributed by atoms with van der Waals surface area (Å²) < 4.78 is 26.8. The van der Waals surface area contributed by atoms with Crippen molar-refractivity contribution in [2.24, 2.45) is 0 Å². The molecule has 1 aromatic heterocycles. The number of hydrogen-bond donors (Lipinski definition) is 2. The molecule has 20 heavy (non-hydrogen) atoms. The predicted molar refractivity (Wildman–Crippen MR) is 73.0 cm³/mol. The summed E-state index contributed by atoms with van der Waals surface area (Å²) in [6, 6.07) is 6.16. The van der Waals surface area contributed by atoms with Crippen LogP contribution >= 0.6 is 0 Å². The molecule has 8 heteroatoms. The molecule has 0 radical (unpaired) electrons. The Hall–Kier alpha value is -2.35. The standard InChI is InChI=1S/C12H12N4O3S/c1-16-10-3-2-9(6-8(10)7-12(16)17)20(18,19)15-11-4-5-13-14-11/h2-6H,7H2,1H3,(H2,13,14,15). The highest BCUT2D eigenvalue weighted by Gasteiger charge is 2.26. The minimum absolute atomic E-state index is 0.0453. The van der Waals surface area contributed by atoms with Crippen molar-refractivity contribution >= 4 is 27.4 Å². The molecule has 2 N–H and O–H groups in total. The summed E-state index contributed by atoms with van der Waals surface area (Å²) in [5.74, 6) is 0.245. The van der Waals surface area contributed by atoms with E-state index in [1.165, 1.54) is 29.3 Å². The Morgan fingerprint density at radius 2 is 2.15 bits per heavy atom. The monoisotopic (exact) mass is 292 g/mol. The van der Waals surface area contributed by atoms with Crippen molar-refractivity contribution in [1.29, 1.82) is 0 Å². The topological polar surface area (TPSA) is 95.2 Å². The number of carbonyl (C=O) groups excluding carboxylic acids is 1. The predicted octanol–water partition coefficient (Wildman–Crippen LogP) is 0.729. The van der Waals surface area contributed by atoms with Gasteiger partial charge in [-0.3, -0.25) is 14.6 Å². The smallest absolute Gasteiger partial charge is 0.263 e. The van der Waals surface area contributed by atoms with Crippen LogP contribution in [0.5, 0.6) is 0 Å². The fourth-order valence-electron chi connectivity index (χ4n) is 2.13. The van der Waals surface area contributed by atoms with E-state index >= 15 is 0 Å². The number of rotatable bonds is 3. The number of aromatic amines is 1. The van der Waals surface area contributed by atoms with Crippen LogP contribution in [-0.2, 0) is 21.2 Å². The van der Waals surface area contributed by atoms with E-state index in [0.717, 1.165) is 5.69 Å². The van der Waals surface area contributed by atoms with E-state index in [9.17, 15) is 13.2 Å². The quantitative estimate of drug-likeness (QED) is 0.871. The maximum Gasteiger partial charge on any atom is 0.263 e. The first-order chi connectivity index (χ1) is 9.47. The fourth-order valence-corrected chi connectivity index (χ4v) is 3.20. The van der Waals surface area contributed by atoms with Crippen molar-refractivity contribution in [2.45, 2.75) is 11.3 Å². The number of sulfonamides is 1. The highest BCUT2D eigenvalue weighted by atomic mass is 32.2. The molecule has 104 valence electrons. The number of nitrogens with one attached hydrogen (secondary N) is 2. The van der Waals surface area contributed by atoms with Crippen molar-refractivity contribution in [3.05, 3.63) is 36.0 Å². The van der Waals surface area contributed by atoms with Crippen LogP contribution in [0.4, 0.5) is 11.5 Å². The van der Waals surface area contributed by atoms with E-state index in [2.05, 4.69) is 14.9 Å². The normalized spacial score (nSPS) is 14.4. The summed E-state index contributed by atoms with van der Waals surface area (Å²) in [6.45, 7) is 0. The molecule has 1 aliphatic rings. The van der Waals surface area contributed by atoms with Gasteiger partial charge in [0.05, 0.1) is 17.5 Å². The van der Waals surface area contributed by atoms with Gasteiger partial charge in [-0.05, 0) is 23.8 Å². The molecule has 0 unspecified atom stereocenters. The van der Waals surface area contributed by atoms with Gasteiger partial charge in [-0.2, -0.15) is 5.10 Å². The summed E-state index contributed by atoms with van der Waals surface area (Å²) >= 11 is 0. The third-order valence-electron chi connectivity index (χ3n) is 3.18. The Labute approximate surface area is 115 Å². The van der Waals surface area contributed by atoms with Crippen molar-refractivity contribution in [3.63, 3.8) is 0 Å². The van der Waals surface area contributed by atoms with E-state index in [1.54, 1.807) is 13.1 Å². The number of fused-ring (bicyclic) bond motifs is 1. The van der Waals surface area contributed by atoms with E-state index in [-0.39, 0.29) is 17.2 Å². The van der Waals surface area contributed by atoms with Gasteiger partial charge in [-0.25, -0.2) is 8.42 Å². The summed E-state index contributed by atoms with van der Waals surface area (Å²) in [5.41, 5.74) is 1.46. The number of hydrogen-bond acceptors (Lipinski definition) is 4. The van der Waals surface area contributed by atoms with E-state index in [0.29, 0.717) is 11.4 Å². The van der Waals surface area contributed by atoms with Gasteiger partial charge >= 0.3 is 0 Å². The van der Waals surface area contributed by atoms with Gasteiger partial charge < -0.3 is 4.90 Å². The zero-order valence-electron chi connectivity index (χ0n) is 10.6. The molecule has 1 amide bonds. The number of benzene rings is 1. The van der Waals surface area contributed by atoms with Gasteiger partial charge in [-0.15, -0.1) is 0 Å². The van der Waals surface area contributed by atoms with Crippen molar-refractivity contribution < 1.29 is 13.2 Å². The van der Waals surface area contributed by atoms with Crippen molar-refractivity contribution in [2.75, 3.05) is 16.7 Å². The molecule has 3 rings (SSSR count). The molecule has 0 saturated carbocycles. The molecule has 7 nitrogen and oxygen atoms in total. The largest absolute Gasteiger partial charge is 0.315 e. The Morgan fingerprint density at radius 1 is 1.35 bits per heavy atom. The highest BCUT2D eigenvalue weighted by molar-refractivity contribution is 7.92. The third-order valence-corrected chi connectivity index (χ3v) is 4.55. The summed E-state index contributed by atoms with van der Waals surface area (Å²) in [5, 5.41) is 6.20. The molecule has 0 bridgehead atoms. The molecule has 0 spiro atoms. The van der Waals surface area contributed by atoms with Gasteiger partial charge in [0, 0.05) is 18.8 Å². The summed E-state index contributed by atoms with van der Waals surface area (Å²) in [6.07, 6.45) is 1.67. The summed E-state index contributed by atoms with van der Waals surface area (Å²) in [7, 11) is -2.02. The minimum Gasteiger partial charge on any atom is -0.315 e. The zero-order chi connectivity index (χ0) is 14.3. The second kappa shape index (κ2) is 4.34. The Balaban J connectivity index is 1.96. The maximum atomic E-state index is 12.2. The molecule has 0 atom stereocenters. The summed E-state index contributed by atoms with van der Waals surface area (Å²) in [4.78, 5) is 13.2.